The molecule has 2 aromatic carbocycles. The smallest absolute Gasteiger partial charge is 0.726 e. The maximum Gasteiger partial charge on any atom is 1.00 e. The van der Waals surface area contributed by atoms with Crippen molar-refractivity contribution in [2.45, 2.75) is 5.54 Å². The molecule has 1 atom stereocenters. The molecule has 0 saturated heterocycles. The number of benzene rings is 2. The first kappa shape index (κ1) is 33.0. The largest absolute Gasteiger partial charge is 1.00 e. The van der Waals surface area contributed by atoms with Gasteiger partial charge >= 0.3 is 13.4 Å². The molecule has 4 aromatic rings. The molecule has 1 unspecified atom stereocenters. The van der Waals surface area contributed by atoms with Crippen LogP contribution in [0, 0.1) is 0 Å². The number of hydrogen-bond donors (Lipinski definition) is 6. The lowest BCUT2D eigenvalue weighted by molar-refractivity contribution is 0.0686. The fraction of sp³-hybridized carbons (Fsp3) is 0.111. The number of nitrogens with zero attached hydrogens (tertiary/aromatic N) is 7. The number of anilines is 4. The van der Waals surface area contributed by atoms with E-state index in [1.165, 1.54) is 36.9 Å². The molecule has 0 fully saturated rings. The van der Waals surface area contributed by atoms with Gasteiger partial charge in [-0.25, -0.2) is 37.9 Å². The van der Waals surface area contributed by atoms with Gasteiger partial charge in [-0.1, -0.05) is 0 Å². The molecule has 0 amide bonds. The van der Waals surface area contributed by atoms with Gasteiger partial charge in [0.25, 0.3) is 0 Å². The van der Waals surface area contributed by atoms with E-state index in [4.69, 9.17) is 27.7 Å². The topological polar surface area (TPSA) is 269 Å². The van der Waals surface area contributed by atoms with Crippen LogP contribution in [0.3, 0.4) is 0 Å². The highest BCUT2D eigenvalue weighted by atomic mass is 32.3. The van der Waals surface area contributed by atoms with Crippen LogP contribution in [0.2, 0.25) is 0 Å². The van der Waals surface area contributed by atoms with Crippen LogP contribution in [0.1, 0.15) is 33.8 Å². The highest BCUT2D eigenvalue weighted by molar-refractivity contribution is 7.79. The third-order valence-corrected chi connectivity index (χ3v) is 6.20. The number of hydrogen-bond acceptors (Lipinski definition) is 15. The number of rotatable bonds is 9. The van der Waals surface area contributed by atoms with E-state index < -0.39 is 27.9 Å². The van der Waals surface area contributed by atoms with Gasteiger partial charge in [-0.2, -0.15) is 9.97 Å². The molecule has 238 valence electrons. The molecule has 46 heavy (non-hydrogen) atoms. The number of likely N-dealkylation sites (N-methyl/N-ethyl adjacent to an activating group) is 1. The Hall–Kier alpha value is -5.89. The van der Waals surface area contributed by atoms with E-state index in [2.05, 4.69) is 45.9 Å². The Kier molecular flexibility index (Phi) is 9.92. The molecule has 6 N–H and O–H groups in total. The van der Waals surface area contributed by atoms with E-state index in [1.807, 2.05) is 31.1 Å². The summed E-state index contributed by atoms with van der Waals surface area (Å²) < 4.78 is 32.8. The van der Waals surface area contributed by atoms with Gasteiger partial charge in [0.2, 0.25) is 22.3 Å². The van der Waals surface area contributed by atoms with Crippen LogP contribution in [-0.2, 0) is 15.9 Å². The first-order valence-electron chi connectivity index (χ1n) is 12.9. The van der Waals surface area contributed by atoms with Gasteiger partial charge in [0.1, 0.15) is 18.2 Å². The molecule has 5 rings (SSSR count). The van der Waals surface area contributed by atoms with Crippen LogP contribution >= 0.6 is 0 Å². The third kappa shape index (κ3) is 8.60. The number of carboxylic acid groups (broad SMARTS) is 2. The first-order chi connectivity index (χ1) is 21.7. The van der Waals surface area contributed by atoms with Gasteiger partial charge in [-0.3, -0.25) is 9.45 Å². The van der Waals surface area contributed by atoms with Crippen LogP contribution in [-0.4, -0.2) is 88.6 Å². The molecular formula is C27H26N10O8S. The van der Waals surface area contributed by atoms with Crippen molar-refractivity contribution in [1.29, 1.82) is 0 Å². The Morgan fingerprint density at radius 1 is 0.848 bits per heavy atom. The average Bonchev–Trinajstić information content (AvgIpc) is 3.01. The zero-order chi connectivity index (χ0) is 33.5. The molecule has 1 aliphatic rings. The highest BCUT2D eigenvalue weighted by Gasteiger charge is 2.36. The van der Waals surface area contributed by atoms with Gasteiger partial charge in [0, 0.05) is 11.4 Å². The van der Waals surface area contributed by atoms with E-state index in [9.17, 15) is 9.59 Å². The van der Waals surface area contributed by atoms with Gasteiger partial charge in [0.05, 0.1) is 16.8 Å². The fourth-order valence-corrected chi connectivity index (χ4v) is 4.00. The summed E-state index contributed by atoms with van der Waals surface area (Å²) in [5, 5.41) is 27.5. The molecule has 19 heteroatoms. The zero-order valence-corrected chi connectivity index (χ0v) is 24.7. The average molecular weight is 651 g/mol. The van der Waals surface area contributed by atoms with Crippen molar-refractivity contribution in [3.8, 4) is 0 Å². The summed E-state index contributed by atoms with van der Waals surface area (Å²) in [6, 6.07) is 12.4. The van der Waals surface area contributed by atoms with Crippen molar-refractivity contribution in [3.63, 3.8) is 0 Å². The molecular weight excluding hydrogens is 624 g/mol. The predicted molar refractivity (Wildman–Crippen MR) is 162 cm³/mol. The summed E-state index contributed by atoms with van der Waals surface area (Å²) in [6.07, 6.45) is 8.29. The number of aromatic carboxylic acids is 2. The van der Waals surface area contributed by atoms with Crippen LogP contribution in [0.5, 0.6) is 0 Å². The summed E-state index contributed by atoms with van der Waals surface area (Å²) in [5.41, 5.74) is 1.24. The first-order valence-corrected chi connectivity index (χ1v) is 14.2. The molecule has 0 saturated carbocycles. The Morgan fingerprint density at radius 2 is 1.33 bits per heavy atom. The number of dihydropyridines is 1. The number of carbonyl (C=O) groups is 2. The molecule has 0 bridgehead atoms. The normalized spacial score (nSPS) is 15.5. The Labute approximate surface area is 262 Å². The maximum absolute atomic E-state index is 11.1. The highest BCUT2D eigenvalue weighted by Crippen LogP contribution is 2.33. The molecule has 0 aliphatic carbocycles. The summed E-state index contributed by atoms with van der Waals surface area (Å²) in [4.78, 5) is 50.5. The van der Waals surface area contributed by atoms with E-state index in [0.717, 1.165) is 0 Å². The zero-order valence-electron chi connectivity index (χ0n) is 24.9. The number of aromatic nitrogens is 6. The van der Waals surface area contributed by atoms with Crippen LogP contribution in [0.25, 0.3) is 5.70 Å². The quantitative estimate of drug-likeness (QED) is 0.112. The Bertz CT molecular complexity index is 1900. The number of carboxylic acids is 2. The molecule has 0 radical (unpaired) electrons. The predicted octanol–water partition coefficient (Wildman–Crippen LogP) is 1.97. The minimum atomic E-state index is -4.92. The van der Waals surface area contributed by atoms with Crippen molar-refractivity contribution in [2.75, 3.05) is 24.7 Å². The van der Waals surface area contributed by atoms with Gasteiger partial charge < -0.3 is 30.7 Å². The lowest BCUT2D eigenvalue weighted by Gasteiger charge is -2.35. The van der Waals surface area contributed by atoms with Crippen molar-refractivity contribution < 1.29 is 38.8 Å². The summed E-state index contributed by atoms with van der Waals surface area (Å²) in [7, 11) is -1.15. The van der Waals surface area contributed by atoms with Crippen molar-refractivity contribution in [3.05, 3.63) is 102 Å². The lowest BCUT2D eigenvalue weighted by atomic mass is 9.93. The Morgan fingerprint density at radius 3 is 1.80 bits per heavy atom. The fourth-order valence-electron chi connectivity index (χ4n) is 4.00. The molecule has 1 aliphatic heterocycles. The van der Waals surface area contributed by atoms with Crippen LogP contribution in [0.4, 0.5) is 23.3 Å². The monoisotopic (exact) mass is 650 g/mol. The van der Waals surface area contributed by atoms with Gasteiger partial charge in [-0.15, -0.1) is 0 Å². The molecule has 18 nitrogen and oxygen atoms in total. The molecule has 3 heterocycles. The summed E-state index contributed by atoms with van der Waals surface area (Å²) in [6.45, 7) is 0. The third-order valence-electron chi connectivity index (χ3n) is 6.20. The SMILES string of the molecule is CN(C)C1(c2ncnc(Nc3ccc(C(=O)O)cc3)n2)C=CNC(c2ncnc(Nc3ccc(C(=O)O)cc3)n2)=C1.O=S(=O)([O-])O.[H+]. The molecule has 2 aromatic heterocycles. The van der Waals surface area contributed by atoms with Crippen molar-refractivity contribution >= 4 is 51.3 Å². The molecule has 0 spiro atoms. The Balaban J connectivity index is 0.000000930. The van der Waals surface area contributed by atoms with Crippen LogP contribution in [0.15, 0.2) is 79.5 Å². The summed E-state index contributed by atoms with van der Waals surface area (Å²) in [5.74, 6) is -0.701. The van der Waals surface area contributed by atoms with E-state index in [1.54, 1.807) is 30.5 Å². The lowest BCUT2D eigenvalue weighted by Crippen LogP contribution is -2.42. The second kappa shape index (κ2) is 13.8. The van der Waals surface area contributed by atoms with E-state index in [-0.39, 0.29) is 24.5 Å². The minimum absolute atomic E-state index is 0. The number of nitrogens with one attached hydrogen (secondary N) is 3. The van der Waals surface area contributed by atoms with E-state index >= 15 is 0 Å². The second-order valence-corrected chi connectivity index (χ2v) is 10.3. The van der Waals surface area contributed by atoms with E-state index in [0.29, 0.717) is 28.7 Å². The minimum Gasteiger partial charge on any atom is -0.726 e. The van der Waals surface area contributed by atoms with Crippen molar-refractivity contribution in [1.82, 2.24) is 40.1 Å². The van der Waals surface area contributed by atoms with Crippen LogP contribution < -0.4 is 16.0 Å². The second-order valence-electron chi connectivity index (χ2n) is 9.46. The summed E-state index contributed by atoms with van der Waals surface area (Å²) >= 11 is 0. The maximum atomic E-state index is 11.1. The standard InChI is InChI=1S/C27H24N10O4.H2O4S/c1-37(2)27(24-30-15-32-26(36-24)34-19-9-5-17(6-10-19)23(40)41)11-12-28-20(13-27)21-29-14-31-25(35-21)33-18-7-3-16(4-8-18)22(38)39;1-5(2,3)4/h3-15,28H,1-2H3,(H,38,39)(H,40,41)(H,29,31,33,35)(H,30,32,34,36);(H2,1,2,3,4). The van der Waals surface area contributed by atoms with Gasteiger partial charge in [0.15, 0.2) is 11.6 Å². The van der Waals surface area contributed by atoms with Crippen molar-refractivity contribution in [2.24, 2.45) is 0 Å². The van der Waals surface area contributed by atoms with Gasteiger partial charge in [-0.05, 0) is 81.0 Å².